The Hall–Kier alpha value is 2.03. The van der Waals surface area contributed by atoms with E-state index in [1.165, 1.54) is 0 Å². The molecule has 13 heteroatoms. The first-order chi connectivity index (χ1) is 5.78. The van der Waals surface area contributed by atoms with Gasteiger partial charge in [-0.3, -0.25) is 9.59 Å². The Labute approximate surface area is 206 Å². The number of carbonyl (C=O) groups is 3. The third-order valence-corrected chi connectivity index (χ3v) is 1.29. The monoisotopic (exact) mass is 372 g/mol. The third-order valence-electron chi connectivity index (χ3n) is 1.29. The van der Waals surface area contributed by atoms with Crippen molar-refractivity contribution in [1.29, 1.82) is 0 Å². The minimum absolute atomic E-state index is 0. The molecule has 0 saturated heterocycles. The first-order valence-corrected chi connectivity index (χ1v) is 3.17. The van der Waals surface area contributed by atoms with Gasteiger partial charge in [-0.05, 0) is 0 Å². The van der Waals surface area contributed by atoms with E-state index in [1.807, 2.05) is 0 Å². The summed E-state index contributed by atoms with van der Waals surface area (Å²) in [5, 5.41) is 33.8. The molecule has 0 fully saturated rings. The van der Waals surface area contributed by atoms with E-state index in [1.54, 1.807) is 0 Å². The van der Waals surface area contributed by atoms with Gasteiger partial charge in [0.05, 0.1) is 12.8 Å². The van der Waals surface area contributed by atoms with Crippen molar-refractivity contribution in [3.05, 3.63) is 0 Å². The third kappa shape index (κ3) is 20.0. The number of carboxylic acid groups (broad SMARTS) is 3. The Bertz CT molecular complexity index is 262. The van der Waals surface area contributed by atoms with Gasteiger partial charge in [0, 0.05) is 0 Å². The molecule has 0 radical (unpaired) electrons. The van der Waals surface area contributed by atoms with Crippen LogP contribution in [0.4, 0.5) is 0 Å². The fourth-order valence-corrected chi connectivity index (χ4v) is 0.714. The molecule has 0 aliphatic rings. The van der Waals surface area contributed by atoms with Crippen LogP contribution in [0, 0.1) is 0 Å². The van der Waals surface area contributed by atoms with E-state index >= 15 is 0 Å². The summed E-state index contributed by atoms with van der Waals surface area (Å²) in [6, 6.07) is 0. The van der Waals surface area contributed by atoms with Gasteiger partial charge in [0.2, 0.25) is 0 Å². The number of aliphatic hydroxyl groups is 1. The van der Waals surface area contributed by atoms with Crippen LogP contribution >= 0.6 is 0 Å². The first kappa shape index (κ1) is 42.9. The molecule has 19 heavy (non-hydrogen) atoms. The molecule has 0 heterocycles. The molecule has 0 aromatic rings. The summed E-state index contributed by atoms with van der Waals surface area (Å²) in [4.78, 5) is 30.5. The SMILES string of the molecule is O.O.O.O=C(O)CC(O)(CC(=O)O)C(=O)O.[Ca+2].[Ca+2].[Ca+2].[H-].[H-].[H-].[H-].[H-].[H-]. The fourth-order valence-electron chi connectivity index (χ4n) is 0.714. The van der Waals surface area contributed by atoms with E-state index in [2.05, 4.69) is 0 Å². The van der Waals surface area contributed by atoms with Gasteiger partial charge < -0.3 is 45.4 Å². The smallest absolute Gasteiger partial charge is 1.00 e. The molecule has 0 bridgehead atoms. The molecule has 0 aliphatic carbocycles. The summed E-state index contributed by atoms with van der Waals surface area (Å²) in [6.07, 6.45) is -2.29. The molecule has 110 valence electrons. The average Bonchev–Trinajstić information content (AvgIpc) is 1.82. The second-order valence-electron chi connectivity index (χ2n) is 2.48. The molecule has 0 aliphatic heterocycles. The molecule has 0 aromatic carbocycles. The molecule has 0 spiro atoms. The van der Waals surface area contributed by atoms with Crippen molar-refractivity contribution in [2.45, 2.75) is 18.4 Å². The van der Waals surface area contributed by atoms with E-state index in [0.29, 0.717) is 0 Å². The topological polar surface area (TPSA) is 227 Å². The van der Waals surface area contributed by atoms with E-state index in [-0.39, 0.29) is 138 Å². The van der Waals surface area contributed by atoms with Gasteiger partial charge in [0.1, 0.15) is 0 Å². The van der Waals surface area contributed by atoms with Crippen LogP contribution in [0.3, 0.4) is 0 Å². The van der Waals surface area contributed by atoms with E-state index < -0.39 is 36.4 Å². The van der Waals surface area contributed by atoms with Crippen molar-refractivity contribution in [2.75, 3.05) is 0 Å². The Kier molecular flexibility index (Phi) is 45.2. The number of hydrogen-bond acceptors (Lipinski definition) is 4. The predicted octanol–water partition coefficient (Wildman–Crippen LogP) is -4.19. The van der Waals surface area contributed by atoms with Crippen molar-refractivity contribution in [3.63, 3.8) is 0 Å². The minimum Gasteiger partial charge on any atom is -1.00 e. The maximum absolute atomic E-state index is 10.3. The first-order valence-electron chi connectivity index (χ1n) is 3.17. The summed E-state index contributed by atoms with van der Waals surface area (Å²) in [5.41, 5.74) is -2.74. The molecular weight excluding hydrogens is 352 g/mol. The second-order valence-corrected chi connectivity index (χ2v) is 2.48. The largest absolute Gasteiger partial charge is 2.00 e. The van der Waals surface area contributed by atoms with Gasteiger partial charge in [-0.25, -0.2) is 4.79 Å². The second kappa shape index (κ2) is 20.0. The van der Waals surface area contributed by atoms with E-state index in [4.69, 9.17) is 20.4 Å². The van der Waals surface area contributed by atoms with Crippen LogP contribution in [0.25, 0.3) is 0 Å². The number of aliphatic carboxylic acids is 3. The summed E-state index contributed by atoms with van der Waals surface area (Å²) in [6.45, 7) is 0. The van der Waals surface area contributed by atoms with Crippen LogP contribution in [0.2, 0.25) is 0 Å². The summed E-state index contributed by atoms with van der Waals surface area (Å²) >= 11 is 0. The Balaban J connectivity index is -0.0000000109. The van der Waals surface area contributed by atoms with Crippen LogP contribution in [0.1, 0.15) is 21.4 Å². The van der Waals surface area contributed by atoms with E-state index in [9.17, 15) is 14.4 Å². The Morgan fingerprint density at radius 3 is 1.11 bits per heavy atom. The van der Waals surface area contributed by atoms with Gasteiger partial charge in [-0.2, -0.15) is 0 Å². The molecule has 0 unspecified atom stereocenters. The van der Waals surface area contributed by atoms with Crippen LogP contribution in [0.5, 0.6) is 0 Å². The van der Waals surface area contributed by atoms with Crippen LogP contribution in [-0.4, -0.2) is 174 Å². The molecule has 10 nitrogen and oxygen atoms in total. The minimum atomic E-state index is -2.74. The summed E-state index contributed by atoms with van der Waals surface area (Å²) < 4.78 is 0. The zero-order valence-corrected chi connectivity index (χ0v) is 16.7. The maximum Gasteiger partial charge on any atom is 2.00 e. The summed E-state index contributed by atoms with van der Waals surface area (Å²) in [7, 11) is 0. The Morgan fingerprint density at radius 2 is 1.00 bits per heavy atom. The van der Waals surface area contributed by atoms with Gasteiger partial charge in [0.15, 0.2) is 5.60 Å². The quantitative estimate of drug-likeness (QED) is 0.347. The number of hydrogen-bond donors (Lipinski definition) is 4. The fraction of sp³-hybridized carbons (Fsp3) is 0.500. The number of rotatable bonds is 5. The van der Waals surface area contributed by atoms with Gasteiger partial charge in [-0.1, -0.05) is 0 Å². The predicted molar refractivity (Wildman–Crippen MR) is 71.9 cm³/mol. The zero-order chi connectivity index (χ0) is 10.6. The van der Waals surface area contributed by atoms with Crippen molar-refractivity contribution in [1.82, 2.24) is 0 Å². The van der Waals surface area contributed by atoms with Crippen LogP contribution in [0.15, 0.2) is 0 Å². The van der Waals surface area contributed by atoms with Gasteiger partial charge >= 0.3 is 131 Å². The number of carboxylic acids is 3. The van der Waals surface area contributed by atoms with Gasteiger partial charge in [-0.15, -0.1) is 0 Å². The zero-order valence-electron chi connectivity index (χ0n) is 16.0. The Morgan fingerprint density at radius 1 is 0.789 bits per heavy atom. The molecule has 10 N–H and O–H groups in total. The molecule has 0 atom stereocenters. The van der Waals surface area contributed by atoms with Crippen molar-refractivity contribution in [3.8, 4) is 0 Å². The van der Waals surface area contributed by atoms with Crippen molar-refractivity contribution >= 4 is 131 Å². The molecule has 0 aromatic heterocycles. The molecular formula is C6H20Ca3O10. The van der Waals surface area contributed by atoms with Crippen LogP contribution in [-0.2, 0) is 14.4 Å². The van der Waals surface area contributed by atoms with Gasteiger partial charge in [0.25, 0.3) is 0 Å². The molecule has 0 amide bonds. The normalized spacial score (nSPS) is 7.42. The van der Waals surface area contributed by atoms with Crippen molar-refractivity contribution < 1.29 is 59.8 Å². The van der Waals surface area contributed by atoms with Crippen molar-refractivity contribution in [2.24, 2.45) is 0 Å². The average molecular weight is 372 g/mol. The molecule has 0 saturated carbocycles. The maximum atomic E-state index is 10.3. The summed E-state index contributed by atoms with van der Waals surface area (Å²) in [5.74, 6) is -5.02. The molecule has 0 rings (SSSR count). The van der Waals surface area contributed by atoms with Crippen LogP contribution < -0.4 is 0 Å². The standard InChI is InChI=1S/C6H8O7.3Ca.3H2O.6H/c7-3(8)1-6(13,5(11)12)2-4(9)10;;;;;;;;;;;;/h13H,1-2H2,(H,7,8)(H,9,10)(H,11,12);;;;3*1H2;;;;;;/q;3*+2;;;;6*-1. The van der Waals surface area contributed by atoms with E-state index in [0.717, 1.165) is 0 Å².